The molecular weight excluding hydrogens is 322 g/mol. The molecule has 7 heteroatoms. The van der Waals surface area contributed by atoms with Crippen molar-refractivity contribution in [1.29, 1.82) is 0 Å². The van der Waals surface area contributed by atoms with Crippen molar-refractivity contribution in [2.24, 2.45) is 0 Å². The number of hydrogen-bond acceptors (Lipinski definition) is 5. The second-order valence-electron chi connectivity index (χ2n) is 4.45. The Morgan fingerprint density at radius 3 is 2.59 bits per heavy atom. The molecule has 0 aliphatic carbocycles. The van der Waals surface area contributed by atoms with Gasteiger partial charge in [-0.2, -0.15) is 0 Å². The maximum absolute atomic E-state index is 11.9. The van der Waals surface area contributed by atoms with Gasteiger partial charge in [-0.3, -0.25) is 4.79 Å². The first kappa shape index (κ1) is 16.5. The zero-order valence-corrected chi connectivity index (χ0v) is 13.2. The molecule has 2 aromatic rings. The van der Waals surface area contributed by atoms with Crippen LogP contribution in [0.1, 0.15) is 21.3 Å². The molecule has 116 valence electrons. The normalized spacial score (nSPS) is 11.9. The van der Waals surface area contributed by atoms with Gasteiger partial charge in [0.25, 0.3) is 0 Å². The van der Waals surface area contributed by atoms with Crippen molar-refractivity contribution >= 4 is 35.0 Å². The predicted octanol–water partition coefficient (Wildman–Crippen LogP) is 2.39. The van der Waals surface area contributed by atoms with Crippen LogP contribution in [0.25, 0.3) is 0 Å². The maximum atomic E-state index is 11.9. The van der Waals surface area contributed by atoms with Crippen LogP contribution in [0.4, 0.5) is 0 Å². The fourth-order valence-corrected chi connectivity index (χ4v) is 3.49. The molecular formula is C15H15NO4S2. The number of carboxylic acids is 1. The molecule has 1 aromatic carbocycles. The van der Waals surface area contributed by atoms with E-state index in [0.717, 1.165) is 21.8 Å². The minimum atomic E-state index is -0.967. The van der Waals surface area contributed by atoms with Crippen LogP contribution >= 0.6 is 23.1 Å². The third-order valence-electron chi connectivity index (χ3n) is 2.88. The summed E-state index contributed by atoms with van der Waals surface area (Å²) in [5.41, 5.74) is 0.840. The number of thioether (sulfide) groups is 1. The Kier molecular flexibility index (Phi) is 6.00. The largest absolute Gasteiger partial charge is 0.477 e. The Balaban J connectivity index is 1.87. The number of aliphatic hydroxyl groups excluding tert-OH is 1. The Bertz CT molecular complexity index is 642. The average Bonchev–Trinajstić information content (AvgIpc) is 3.01. The van der Waals surface area contributed by atoms with Gasteiger partial charge >= 0.3 is 5.97 Å². The maximum Gasteiger partial charge on any atom is 0.345 e. The van der Waals surface area contributed by atoms with Crippen molar-refractivity contribution in [2.75, 3.05) is 12.4 Å². The smallest absolute Gasteiger partial charge is 0.345 e. The number of carboxylic acid groups (broad SMARTS) is 1. The van der Waals surface area contributed by atoms with Crippen molar-refractivity contribution in [3.8, 4) is 0 Å². The number of aliphatic hydroxyl groups is 1. The van der Waals surface area contributed by atoms with Gasteiger partial charge in [-0.25, -0.2) is 4.79 Å². The van der Waals surface area contributed by atoms with Gasteiger partial charge in [0.15, 0.2) is 0 Å². The van der Waals surface area contributed by atoms with E-state index in [1.165, 1.54) is 11.8 Å². The lowest BCUT2D eigenvalue weighted by Gasteiger charge is -2.16. The second kappa shape index (κ2) is 7.98. The lowest BCUT2D eigenvalue weighted by molar-refractivity contribution is -0.119. The van der Waals surface area contributed by atoms with Crippen LogP contribution in [0.5, 0.6) is 0 Å². The molecule has 1 atom stereocenters. The van der Waals surface area contributed by atoms with E-state index in [-0.39, 0.29) is 23.1 Å². The van der Waals surface area contributed by atoms with E-state index in [1.807, 2.05) is 30.3 Å². The standard InChI is InChI=1S/C15H15NO4S2/c17-7-12(10-4-2-1-3-5-10)16-14(18)9-21-11-6-13(15(19)20)22-8-11/h1-6,8,12,17H,7,9H2,(H,16,18)(H,19,20). The number of hydrogen-bond donors (Lipinski definition) is 3. The number of amides is 1. The van der Waals surface area contributed by atoms with Gasteiger partial charge in [-0.1, -0.05) is 30.3 Å². The van der Waals surface area contributed by atoms with E-state index in [9.17, 15) is 14.7 Å². The zero-order valence-electron chi connectivity index (χ0n) is 11.6. The average molecular weight is 337 g/mol. The quantitative estimate of drug-likeness (QED) is 0.675. The number of nitrogens with one attached hydrogen (secondary N) is 1. The lowest BCUT2D eigenvalue weighted by atomic mass is 10.1. The minimum absolute atomic E-state index is 0.166. The molecule has 0 spiro atoms. The van der Waals surface area contributed by atoms with Crippen molar-refractivity contribution < 1.29 is 19.8 Å². The van der Waals surface area contributed by atoms with Gasteiger partial charge in [0.05, 0.1) is 18.4 Å². The van der Waals surface area contributed by atoms with Crippen molar-refractivity contribution in [3.63, 3.8) is 0 Å². The molecule has 0 aliphatic rings. The zero-order chi connectivity index (χ0) is 15.9. The highest BCUT2D eigenvalue weighted by Crippen LogP contribution is 2.25. The van der Waals surface area contributed by atoms with Gasteiger partial charge < -0.3 is 15.5 Å². The molecule has 0 aliphatic heterocycles. The Morgan fingerprint density at radius 1 is 1.27 bits per heavy atom. The van der Waals surface area contributed by atoms with Crippen LogP contribution in [0.3, 0.4) is 0 Å². The van der Waals surface area contributed by atoms with E-state index >= 15 is 0 Å². The van der Waals surface area contributed by atoms with Crippen LogP contribution in [0, 0.1) is 0 Å². The highest BCUT2D eigenvalue weighted by atomic mass is 32.2. The number of carbonyl (C=O) groups is 2. The minimum Gasteiger partial charge on any atom is -0.477 e. The van der Waals surface area contributed by atoms with E-state index in [0.29, 0.717) is 0 Å². The topological polar surface area (TPSA) is 86.6 Å². The number of thiophene rings is 1. The van der Waals surface area contributed by atoms with Crippen molar-refractivity contribution in [2.45, 2.75) is 10.9 Å². The van der Waals surface area contributed by atoms with Crippen LogP contribution in [0.15, 0.2) is 46.7 Å². The highest BCUT2D eigenvalue weighted by molar-refractivity contribution is 8.00. The molecule has 3 N–H and O–H groups in total. The monoisotopic (exact) mass is 337 g/mol. The summed E-state index contributed by atoms with van der Waals surface area (Å²) in [5.74, 6) is -1.01. The van der Waals surface area contributed by atoms with E-state index < -0.39 is 12.0 Å². The van der Waals surface area contributed by atoms with E-state index in [2.05, 4.69) is 5.32 Å². The van der Waals surface area contributed by atoms with E-state index in [4.69, 9.17) is 5.11 Å². The van der Waals surface area contributed by atoms with Gasteiger partial charge in [0.2, 0.25) is 5.91 Å². The Hall–Kier alpha value is -1.83. The van der Waals surface area contributed by atoms with Crippen molar-refractivity contribution in [1.82, 2.24) is 5.32 Å². The summed E-state index contributed by atoms with van der Waals surface area (Å²) in [6.07, 6.45) is 0. The van der Waals surface area contributed by atoms with Gasteiger partial charge in [0.1, 0.15) is 4.88 Å². The first-order valence-electron chi connectivity index (χ1n) is 6.50. The number of rotatable bonds is 7. The molecule has 0 radical (unpaired) electrons. The van der Waals surface area contributed by atoms with Gasteiger partial charge in [0, 0.05) is 10.3 Å². The first-order valence-corrected chi connectivity index (χ1v) is 8.36. The summed E-state index contributed by atoms with van der Waals surface area (Å²) in [5, 5.41) is 22.7. The Morgan fingerprint density at radius 2 is 2.00 bits per heavy atom. The molecule has 1 amide bonds. The summed E-state index contributed by atoms with van der Waals surface area (Å²) in [6.45, 7) is -0.179. The van der Waals surface area contributed by atoms with Crippen LogP contribution in [-0.2, 0) is 4.79 Å². The highest BCUT2D eigenvalue weighted by Gasteiger charge is 2.14. The molecule has 0 saturated carbocycles. The second-order valence-corrected chi connectivity index (χ2v) is 6.41. The molecule has 1 unspecified atom stereocenters. The first-order chi connectivity index (χ1) is 10.6. The van der Waals surface area contributed by atoms with Crippen LogP contribution in [0.2, 0.25) is 0 Å². The lowest BCUT2D eigenvalue weighted by Crippen LogP contribution is -2.32. The summed E-state index contributed by atoms with van der Waals surface area (Å²) in [6, 6.07) is 10.3. The molecule has 0 bridgehead atoms. The number of aromatic carboxylic acids is 1. The van der Waals surface area contributed by atoms with Gasteiger partial charge in [-0.15, -0.1) is 23.1 Å². The fraction of sp³-hybridized carbons (Fsp3) is 0.200. The molecule has 0 fully saturated rings. The molecule has 0 saturated heterocycles. The fourth-order valence-electron chi connectivity index (χ4n) is 1.81. The number of benzene rings is 1. The van der Waals surface area contributed by atoms with Crippen molar-refractivity contribution in [3.05, 3.63) is 52.2 Å². The summed E-state index contributed by atoms with van der Waals surface area (Å²) in [4.78, 5) is 23.7. The molecule has 1 aromatic heterocycles. The SMILES string of the molecule is O=C(CSc1csc(C(=O)O)c1)NC(CO)c1ccccc1. The van der Waals surface area contributed by atoms with E-state index in [1.54, 1.807) is 11.4 Å². The molecule has 22 heavy (non-hydrogen) atoms. The third kappa shape index (κ3) is 4.59. The molecule has 2 rings (SSSR count). The molecule has 1 heterocycles. The Labute approximate surface area is 136 Å². The van der Waals surface area contributed by atoms with Crippen LogP contribution < -0.4 is 5.32 Å². The summed E-state index contributed by atoms with van der Waals surface area (Å²) >= 11 is 2.40. The molecule has 5 nitrogen and oxygen atoms in total. The summed E-state index contributed by atoms with van der Waals surface area (Å²) in [7, 11) is 0. The number of carbonyl (C=O) groups excluding carboxylic acids is 1. The van der Waals surface area contributed by atoms with Gasteiger partial charge in [-0.05, 0) is 11.6 Å². The summed E-state index contributed by atoms with van der Waals surface area (Å²) < 4.78 is 0. The van der Waals surface area contributed by atoms with Crippen LogP contribution in [-0.4, -0.2) is 34.4 Å². The predicted molar refractivity (Wildman–Crippen MR) is 86.4 cm³/mol. The third-order valence-corrected chi connectivity index (χ3v) is 4.92.